The Kier molecular flexibility index (Phi) is 10.4. The van der Waals surface area contributed by atoms with Gasteiger partial charge in [0.05, 0.1) is 30.1 Å². The first-order valence-electron chi connectivity index (χ1n) is 19.0. The lowest BCUT2D eigenvalue weighted by molar-refractivity contribution is -0.128. The second kappa shape index (κ2) is 14.9. The Morgan fingerprint density at radius 3 is 2.77 bits per heavy atom. The van der Waals surface area contributed by atoms with Gasteiger partial charge in [0, 0.05) is 43.9 Å². The van der Waals surface area contributed by atoms with Crippen molar-refractivity contribution >= 4 is 39.0 Å². The van der Waals surface area contributed by atoms with Crippen LogP contribution in [0.2, 0.25) is 5.02 Å². The minimum atomic E-state index is -3.68. The fourth-order valence-electron chi connectivity index (χ4n) is 9.42. The van der Waals surface area contributed by atoms with Gasteiger partial charge in [0.1, 0.15) is 28.0 Å². The van der Waals surface area contributed by atoms with Gasteiger partial charge in [-0.15, -0.1) is 4.36 Å². The van der Waals surface area contributed by atoms with Crippen LogP contribution in [0.1, 0.15) is 79.3 Å². The zero-order valence-corrected chi connectivity index (χ0v) is 32.0. The maximum absolute atomic E-state index is 17.2. The molecule has 3 heterocycles. The third-order valence-electron chi connectivity index (χ3n) is 12.3. The van der Waals surface area contributed by atoms with E-state index in [9.17, 15) is 13.8 Å². The molecule has 8 atom stereocenters. The molecule has 286 valence electrons. The Balaban J connectivity index is 1.17. The van der Waals surface area contributed by atoms with Crippen molar-refractivity contribution in [2.75, 3.05) is 57.3 Å². The maximum atomic E-state index is 17.2. The van der Waals surface area contributed by atoms with Crippen molar-refractivity contribution in [1.29, 1.82) is 0 Å². The summed E-state index contributed by atoms with van der Waals surface area (Å²) < 4.78 is 61.9. The maximum Gasteiger partial charge on any atom is 0.289 e. The molecule has 1 saturated heterocycles. The minimum absolute atomic E-state index is 0.105. The molecule has 8 rings (SSSR count). The number of hydrogen-bond donors (Lipinski definition) is 1. The summed E-state index contributed by atoms with van der Waals surface area (Å²) in [5.74, 6) is -0.957. The van der Waals surface area contributed by atoms with E-state index in [-0.39, 0.29) is 53.6 Å². The molecule has 6 aliphatic rings. The average Bonchev–Trinajstić information content (AvgIpc) is 3.92. The number of methoxy groups -OCH3 is 1. The van der Waals surface area contributed by atoms with Gasteiger partial charge in [-0.25, -0.2) is 8.60 Å². The molecular weight excluding hydrogens is 721 g/mol. The number of halogens is 2. The largest absolute Gasteiger partial charge is 0.490 e. The van der Waals surface area contributed by atoms with E-state index >= 15 is 4.39 Å². The standard InChI is InChI=1S/C40H49ClFN3O7S/c1-24-4-3-5-34(49-2)29-8-6-25(29)19-45-22-40(18-26-16-31(26)32-17-27(41)7-10-33(32)40)23-52-35-11-9-30(37(42)38(35)45)39(47)44-53(48,21-24)43-36(46)20-51-28-12-14-50-15-13-28/h3,5,7,9-11,17,24-26,28-29,31,34H,4,6,8,12-16,18-23H2,1-2H3,(H,43,44,46,47,48)/b5-3+/t24-,25-,26-,29+,31-,34-,40-,53?/m0/s1. The van der Waals surface area contributed by atoms with Crippen LogP contribution < -0.4 is 14.4 Å². The highest BCUT2D eigenvalue weighted by Crippen LogP contribution is 2.61. The Morgan fingerprint density at radius 1 is 1.17 bits per heavy atom. The first-order valence-corrected chi connectivity index (χ1v) is 21.1. The Morgan fingerprint density at radius 2 is 2.00 bits per heavy atom. The molecule has 2 aromatic rings. The molecule has 3 fully saturated rings. The molecule has 0 radical (unpaired) electrons. The number of nitrogens with zero attached hydrogens (tertiary/aromatic N) is 2. The van der Waals surface area contributed by atoms with Crippen molar-refractivity contribution in [2.24, 2.45) is 28.0 Å². The average molecular weight is 770 g/mol. The van der Waals surface area contributed by atoms with E-state index in [1.807, 2.05) is 19.1 Å². The molecule has 1 spiro atoms. The van der Waals surface area contributed by atoms with E-state index in [1.165, 1.54) is 17.2 Å². The number of nitrogens with one attached hydrogen (secondary N) is 1. The first-order chi connectivity index (χ1) is 25.5. The zero-order valence-electron chi connectivity index (χ0n) is 30.4. The van der Waals surface area contributed by atoms with Gasteiger partial charge in [-0.3, -0.25) is 14.3 Å². The van der Waals surface area contributed by atoms with Crippen LogP contribution in [0.15, 0.2) is 46.8 Å². The van der Waals surface area contributed by atoms with Crippen LogP contribution >= 0.6 is 11.6 Å². The van der Waals surface area contributed by atoms with E-state index in [0.717, 1.165) is 25.7 Å². The molecule has 2 amide bonds. The first kappa shape index (κ1) is 36.9. The second-order valence-corrected chi connectivity index (χ2v) is 18.5. The summed E-state index contributed by atoms with van der Waals surface area (Å²) in [6.07, 6.45) is 9.59. The molecule has 0 aromatic heterocycles. The van der Waals surface area contributed by atoms with Crippen molar-refractivity contribution in [3.8, 4) is 5.75 Å². The predicted octanol–water partition coefficient (Wildman–Crippen LogP) is 6.60. The van der Waals surface area contributed by atoms with Crippen molar-refractivity contribution in [1.82, 2.24) is 4.72 Å². The topological polar surface area (TPSA) is 116 Å². The smallest absolute Gasteiger partial charge is 0.289 e. The highest BCUT2D eigenvalue weighted by Gasteiger charge is 2.54. The van der Waals surface area contributed by atoms with E-state index in [4.69, 9.17) is 30.5 Å². The van der Waals surface area contributed by atoms with E-state index in [2.05, 4.69) is 32.2 Å². The van der Waals surface area contributed by atoms with Crippen LogP contribution in [0, 0.1) is 29.5 Å². The third kappa shape index (κ3) is 7.51. The molecule has 1 unspecified atom stereocenters. The van der Waals surface area contributed by atoms with Crippen LogP contribution in [0.5, 0.6) is 5.75 Å². The highest BCUT2D eigenvalue weighted by molar-refractivity contribution is 7.92. The molecule has 2 aromatic carbocycles. The molecule has 2 bridgehead atoms. The van der Waals surface area contributed by atoms with Gasteiger partial charge in [0.2, 0.25) is 0 Å². The molecule has 53 heavy (non-hydrogen) atoms. The Bertz CT molecular complexity index is 1910. The highest BCUT2D eigenvalue weighted by atomic mass is 35.5. The van der Waals surface area contributed by atoms with Gasteiger partial charge in [-0.1, -0.05) is 36.7 Å². The van der Waals surface area contributed by atoms with E-state index in [1.54, 1.807) is 13.2 Å². The fourth-order valence-corrected chi connectivity index (χ4v) is 11.5. The number of rotatable bonds is 5. The zero-order chi connectivity index (χ0) is 36.9. The van der Waals surface area contributed by atoms with Gasteiger partial charge < -0.3 is 23.8 Å². The van der Waals surface area contributed by atoms with Crippen LogP contribution in [0.4, 0.5) is 10.1 Å². The summed E-state index contributed by atoms with van der Waals surface area (Å²) in [6.45, 7) is 4.05. The number of benzene rings is 2. The number of fused-ring (bicyclic) bond motifs is 6. The van der Waals surface area contributed by atoms with Crippen LogP contribution in [-0.4, -0.2) is 80.6 Å². The van der Waals surface area contributed by atoms with Gasteiger partial charge in [0.25, 0.3) is 11.8 Å². The minimum Gasteiger partial charge on any atom is -0.490 e. The number of carbonyl (C=O) groups excluding carboxylic acids is 2. The number of allylic oxidation sites excluding steroid dienone is 1. The normalized spacial score (nSPS) is 34.6. The number of anilines is 1. The van der Waals surface area contributed by atoms with Crippen molar-refractivity contribution in [2.45, 2.75) is 75.4 Å². The molecule has 2 saturated carbocycles. The lowest BCUT2D eigenvalue weighted by Crippen LogP contribution is -2.50. The third-order valence-corrected chi connectivity index (χ3v) is 14.6. The lowest BCUT2D eigenvalue weighted by atomic mass is 9.68. The Labute approximate surface area is 316 Å². The number of carbonyl (C=O) groups is 2. The summed E-state index contributed by atoms with van der Waals surface area (Å²) in [5.41, 5.74) is 1.93. The number of hydrogen-bond acceptors (Lipinski definition) is 8. The summed E-state index contributed by atoms with van der Waals surface area (Å²) >= 11 is 6.51. The quantitative estimate of drug-likeness (QED) is 0.339. The van der Waals surface area contributed by atoms with Gasteiger partial charge >= 0.3 is 0 Å². The van der Waals surface area contributed by atoms with Crippen LogP contribution in [0.3, 0.4) is 0 Å². The molecule has 3 aliphatic carbocycles. The van der Waals surface area contributed by atoms with Crippen molar-refractivity contribution in [3.05, 3.63) is 70.0 Å². The van der Waals surface area contributed by atoms with Crippen molar-refractivity contribution < 1.29 is 37.1 Å². The summed E-state index contributed by atoms with van der Waals surface area (Å²) in [6, 6.07) is 9.12. The number of ether oxygens (including phenoxy) is 4. The Hall–Kier alpha value is -3.03. The SMILES string of the molecule is CO[C@H]1/C=C/C[C@H](C)CS(=O)(NC(=O)COC2CCOCC2)=NC(=O)c2ccc3c(c2F)N(C[C@@H]2CC[C@H]21)C[C@]1(CO3)C[C@@H]2C[C@@H]2c2cc(Cl)ccc21. The molecule has 10 nitrogen and oxygen atoms in total. The lowest BCUT2D eigenvalue weighted by Gasteiger charge is -2.46. The fraction of sp³-hybridized carbons (Fsp3) is 0.600. The summed E-state index contributed by atoms with van der Waals surface area (Å²) in [7, 11) is -1.96. The molecule has 13 heteroatoms. The van der Waals surface area contributed by atoms with E-state index in [0.29, 0.717) is 74.8 Å². The van der Waals surface area contributed by atoms with E-state index < -0.39 is 33.0 Å². The summed E-state index contributed by atoms with van der Waals surface area (Å²) in [5, 5.41) is 0.706. The predicted molar refractivity (Wildman–Crippen MR) is 200 cm³/mol. The number of amides is 2. The second-order valence-electron chi connectivity index (χ2n) is 16.1. The van der Waals surface area contributed by atoms with Gasteiger partial charge in [-0.05, 0) is 110 Å². The van der Waals surface area contributed by atoms with Gasteiger partial charge in [-0.2, -0.15) is 0 Å². The van der Waals surface area contributed by atoms with Crippen molar-refractivity contribution in [3.63, 3.8) is 0 Å². The summed E-state index contributed by atoms with van der Waals surface area (Å²) in [4.78, 5) is 29.2. The molecule has 3 aliphatic heterocycles. The van der Waals surface area contributed by atoms with Crippen LogP contribution in [-0.2, 0) is 34.3 Å². The molecule has 1 N–H and O–H groups in total. The molecular formula is C40H49ClFN3O7S. The monoisotopic (exact) mass is 769 g/mol. The van der Waals surface area contributed by atoms with Gasteiger partial charge in [0.15, 0.2) is 5.82 Å². The van der Waals surface area contributed by atoms with Crippen LogP contribution in [0.25, 0.3) is 0 Å².